The fraction of sp³-hybridized carbons (Fsp3) is 0.444. The lowest BCUT2D eigenvalue weighted by atomic mass is 10.1. The number of fused-ring (bicyclic) bond motifs is 1. The van der Waals surface area contributed by atoms with Crippen LogP contribution in [0, 0.1) is 11.8 Å². The molecule has 6 nitrogen and oxygen atoms in total. The number of hydrogen-bond donors (Lipinski definition) is 2. The molecule has 0 unspecified atom stereocenters. The summed E-state index contributed by atoms with van der Waals surface area (Å²) >= 11 is 1.25. The number of methoxy groups -OCH3 is 1. The zero-order chi connectivity index (χ0) is 27.5. The number of benzene rings is 1. The molecule has 1 aliphatic heterocycles. The first kappa shape index (κ1) is 28.3. The van der Waals surface area contributed by atoms with Gasteiger partial charge < -0.3 is 24.8 Å². The molecule has 1 aromatic carbocycles. The van der Waals surface area contributed by atoms with Crippen LogP contribution in [0.4, 0.5) is 24.5 Å². The van der Waals surface area contributed by atoms with Gasteiger partial charge in [-0.15, -0.1) is 11.3 Å². The molecule has 0 spiro atoms. The number of nitrogens with one attached hydrogen (secondary N) is 2. The van der Waals surface area contributed by atoms with Crippen LogP contribution >= 0.6 is 18.5 Å². The number of nitrogens with zero attached hydrogens (tertiary/aromatic N) is 2. The molecule has 11 heteroatoms. The second kappa shape index (κ2) is 11.6. The molecular weight excluding hydrogens is 532 g/mol. The van der Waals surface area contributed by atoms with Gasteiger partial charge in [-0.05, 0) is 70.6 Å². The highest BCUT2D eigenvalue weighted by Gasteiger charge is 2.32. The number of likely N-dealkylation sites (tertiary alicyclic amines) is 1. The van der Waals surface area contributed by atoms with Crippen LogP contribution in [-0.4, -0.2) is 69.2 Å². The lowest BCUT2D eigenvalue weighted by Crippen LogP contribution is -2.36. The highest BCUT2D eigenvalue weighted by Crippen LogP contribution is 2.39. The van der Waals surface area contributed by atoms with E-state index in [1.54, 1.807) is 37.7 Å². The summed E-state index contributed by atoms with van der Waals surface area (Å²) in [6.07, 6.45) is -1.96. The molecule has 0 atom stereocenters. The van der Waals surface area contributed by atoms with E-state index in [0.29, 0.717) is 31.8 Å². The van der Waals surface area contributed by atoms with E-state index in [-0.39, 0.29) is 18.2 Å². The summed E-state index contributed by atoms with van der Waals surface area (Å²) in [5.74, 6) is 6.44. The Morgan fingerprint density at radius 3 is 2.61 bits per heavy atom. The number of halogens is 3. The molecule has 3 heterocycles. The third-order valence-electron chi connectivity index (χ3n) is 6.50. The average Bonchev–Trinajstić information content (AvgIpc) is 3.19. The number of anilines is 2. The van der Waals surface area contributed by atoms with E-state index in [9.17, 15) is 17.7 Å². The topological polar surface area (TPSA) is 66.5 Å². The van der Waals surface area contributed by atoms with E-state index in [4.69, 9.17) is 4.74 Å². The molecule has 2 aromatic heterocycles. The lowest BCUT2D eigenvalue weighted by molar-refractivity contribution is -0.127. The SMILES string of the molecule is COc1cc(P(C)(C)=O)ccc1NCC#Cc1sc2c(NC3CCN(C)CC3)ccnc2c1CC(F)(F)F. The van der Waals surface area contributed by atoms with E-state index in [1.807, 2.05) is 6.07 Å². The first-order valence-electron chi connectivity index (χ1n) is 12.3. The molecule has 1 aliphatic rings. The largest absolute Gasteiger partial charge is 0.495 e. The summed E-state index contributed by atoms with van der Waals surface area (Å²) in [5.41, 5.74) is 1.93. The van der Waals surface area contributed by atoms with Crippen molar-refractivity contribution in [2.24, 2.45) is 0 Å². The second-order valence-corrected chi connectivity index (χ2v) is 14.1. The molecule has 2 N–H and O–H groups in total. The van der Waals surface area contributed by atoms with Gasteiger partial charge in [0.2, 0.25) is 0 Å². The maximum absolute atomic E-state index is 13.5. The zero-order valence-electron chi connectivity index (χ0n) is 21.9. The van der Waals surface area contributed by atoms with E-state index < -0.39 is 19.7 Å². The Morgan fingerprint density at radius 2 is 1.95 bits per heavy atom. The average molecular weight is 565 g/mol. The van der Waals surface area contributed by atoms with Gasteiger partial charge in [0, 0.05) is 23.1 Å². The number of pyridine rings is 1. The van der Waals surface area contributed by atoms with Gasteiger partial charge in [0.05, 0.1) is 46.5 Å². The number of piperidine rings is 1. The number of alkyl halides is 3. The predicted molar refractivity (Wildman–Crippen MR) is 151 cm³/mol. The number of hydrogen-bond acceptors (Lipinski definition) is 7. The molecule has 0 radical (unpaired) electrons. The van der Waals surface area contributed by atoms with Crippen LogP contribution in [0.25, 0.3) is 10.2 Å². The van der Waals surface area contributed by atoms with Crippen molar-refractivity contribution < 1.29 is 22.5 Å². The van der Waals surface area contributed by atoms with Crippen molar-refractivity contribution in [1.82, 2.24) is 9.88 Å². The van der Waals surface area contributed by atoms with Crippen LogP contribution < -0.4 is 20.7 Å². The van der Waals surface area contributed by atoms with Crippen LogP contribution in [0.3, 0.4) is 0 Å². The summed E-state index contributed by atoms with van der Waals surface area (Å²) in [4.78, 5) is 6.95. The minimum Gasteiger partial charge on any atom is -0.495 e. The highest BCUT2D eigenvalue weighted by atomic mass is 32.1. The molecule has 0 saturated carbocycles. The number of aromatic nitrogens is 1. The Morgan fingerprint density at radius 1 is 1.21 bits per heavy atom. The Kier molecular flexibility index (Phi) is 8.61. The van der Waals surface area contributed by atoms with Crippen molar-refractivity contribution in [2.75, 3.05) is 57.8 Å². The van der Waals surface area contributed by atoms with Crippen molar-refractivity contribution >= 4 is 45.4 Å². The fourth-order valence-electron chi connectivity index (χ4n) is 4.41. The summed E-state index contributed by atoms with van der Waals surface area (Å²) in [5, 5.41) is 7.38. The molecule has 4 rings (SSSR count). The smallest absolute Gasteiger partial charge is 0.393 e. The van der Waals surface area contributed by atoms with Gasteiger partial charge in [-0.25, -0.2) is 0 Å². The number of ether oxygens (including phenoxy) is 1. The van der Waals surface area contributed by atoms with Gasteiger partial charge in [0.1, 0.15) is 12.9 Å². The third kappa shape index (κ3) is 7.02. The highest BCUT2D eigenvalue weighted by molar-refractivity contribution is 7.70. The maximum Gasteiger partial charge on any atom is 0.393 e. The molecule has 1 fully saturated rings. The van der Waals surface area contributed by atoms with Gasteiger partial charge >= 0.3 is 6.18 Å². The monoisotopic (exact) mass is 564 g/mol. The molecule has 0 aliphatic carbocycles. The van der Waals surface area contributed by atoms with Gasteiger partial charge in [-0.2, -0.15) is 13.2 Å². The van der Waals surface area contributed by atoms with Gasteiger partial charge in [-0.3, -0.25) is 4.98 Å². The molecular formula is C27H32F3N4O2PS. The van der Waals surface area contributed by atoms with Crippen LogP contribution in [-0.2, 0) is 11.0 Å². The van der Waals surface area contributed by atoms with E-state index in [1.165, 1.54) is 18.4 Å². The summed E-state index contributed by atoms with van der Waals surface area (Å²) < 4.78 is 59.0. The first-order valence-corrected chi connectivity index (χ1v) is 15.7. The second-order valence-electron chi connectivity index (χ2n) is 9.85. The van der Waals surface area contributed by atoms with Crippen LogP contribution in [0.5, 0.6) is 5.75 Å². The molecule has 204 valence electrons. The minimum atomic E-state index is -4.38. The Labute approximate surface area is 225 Å². The van der Waals surface area contributed by atoms with E-state index in [0.717, 1.165) is 31.6 Å². The first-order chi connectivity index (χ1) is 17.9. The Hall–Kier alpha value is -2.73. The molecule has 0 amide bonds. The lowest BCUT2D eigenvalue weighted by Gasteiger charge is -2.30. The quantitative estimate of drug-likeness (QED) is 0.287. The van der Waals surface area contributed by atoms with Crippen molar-refractivity contribution in [3.8, 4) is 17.6 Å². The molecule has 1 saturated heterocycles. The molecule has 0 bridgehead atoms. The van der Waals surface area contributed by atoms with Crippen LogP contribution in [0.15, 0.2) is 30.5 Å². The molecule has 3 aromatic rings. The van der Waals surface area contributed by atoms with E-state index >= 15 is 0 Å². The van der Waals surface area contributed by atoms with Crippen LogP contribution in [0.1, 0.15) is 23.3 Å². The predicted octanol–water partition coefficient (Wildman–Crippen LogP) is 5.63. The van der Waals surface area contributed by atoms with Crippen molar-refractivity contribution in [3.05, 3.63) is 40.9 Å². The van der Waals surface area contributed by atoms with E-state index in [2.05, 4.69) is 39.4 Å². The van der Waals surface area contributed by atoms with Crippen molar-refractivity contribution in [2.45, 2.75) is 31.5 Å². The minimum absolute atomic E-state index is 0.112. The normalized spacial score (nSPS) is 15.2. The van der Waals surface area contributed by atoms with Gasteiger partial charge in [0.25, 0.3) is 0 Å². The third-order valence-corrected chi connectivity index (χ3v) is 9.19. The maximum atomic E-state index is 13.5. The molecule has 38 heavy (non-hydrogen) atoms. The fourth-order valence-corrected chi connectivity index (χ4v) is 6.40. The van der Waals surface area contributed by atoms with Crippen LogP contribution in [0.2, 0.25) is 0 Å². The Balaban J connectivity index is 1.59. The van der Waals surface area contributed by atoms with Gasteiger partial charge in [-0.1, -0.05) is 11.8 Å². The summed E-state index contributed by atoms with van der Waals surface area (Å²) in [6, 6.07) is 7.37. The zero-order valence-corrected chi connectivity index (χ0v) is 23.6. The summed E-state index contributed by atoms with van der Waals surface area (Å²) in [7, 11) is 1.17. The number of rotatable bonds is 7. The van der Waals surface area contributed by atoms with Gasteiger partial charge in [0.15, 0.2) is 0 Å². The van der Waals surface area contributed by atoms with Crippen molar-refractivity contribution in [3.63, 3.8) is 0 Å². The van der Waals surface area contributed by atoms with Crippen molar-refractivity contribution in [1.29, 1.82) is 0 Å². The number of thiophene rings is 1. The summed E-state index contributed by atoms with van der Waals surface area (Å²) in [6.45, 7) is 5.52. The standard InChI is InChI=1S/C27H32F3N4O2PS/c1-34-14-10-18(11-15-34)33-22-9-13-32-25-20(17-27(28,29)30)24(38-26(22)25)6-5-12-31-21-8-7-19(37(3,4)35)16-23(21)36-2/h7-9,13,16,18,31H,10-12,14-15,17H2,1-4H3,(H,32,33). The Bertz CT molecular complexity index is 1400.